The van der Waals surface area contributed by atoms with Gasteiger partial charge in [-0.3, -0.25) is 0 Å². The number of hydrogen-bond acceptors (Lipinski definition) is 2. The quantitative estimate of drug-likeness (QED) is 0.724. The van der Waals surface area contributed by atoms with Crippen molar-refractivity contribution in [2.75, 3.05) is 5.32 Å². The summed E-state index contributed by atoms with van der Waals surface area (Å²) in [6.45, 7) is 0.263. The van der Waals surface area contributed by atoms with E-state index < -0.39 is 11.6 Å². The standard InChI is InChI=1S/C15H11F2NS/c16-13-3-1-2-11(15(13)17)9-18-12-4-5-14-10(8-12)6-7-19-14/h1-8,18H,9H2. The van der Waals surface area contributed by atoms with Crippen molar-refractivity contribution < 1.29 is 8.78 Å². The van der Waals surface area contributed by atoms with E-state index >= 15 is 0 Å². The van der Waals surface area contributed by atoms with E-state index in [4.69, 9.17) is 0 Å². The van der Waals surface area contributed by atoms with Crippen LogP contribution < -0.4 is 5.32 Å². The first-order chi connectivity index (χ1) is 9.24. The van der Waals surface area contributed by atoms with Crippen molar-refractivity contribution in [3.63, 3.8) is 0 Å². The normalized spacial score (nSPS) is 10.8. The molecule has 1 heterocycles. The Balaban J connectivity index is 1.80. The molecule has 96 valence electrons. The van der Waals surface area contributed by atoms with Gasteiger partial charge in [0.15, 0.2) is 11.6 Å². The van der Waals surface area contributed by atoms with E-state index in [0.29, 0.717) is 5.56 Å². The number of hydrogen-bond donors (Lipinski definition) is 1. The zero-order chi connectivity index (χ0) is 13.2. The molecule has 0 saturated carbocycles. The molecule has 1 aromatic heterocycles. The first kappa shape index (κ1) is 12.1. The molecular weight excluding hydrogens is 264 g/mol. The molecule has 2 aromatic carbocycles. The fourth-order valence-corrected chi connectivity index (χ4v) is 2.73. The van der Waals surface area contributed by atoms with Gasteiger partial charge in [-0.2, -0.15) is 0 Å². The summed E-state index contributed by atoms with van der Waals surface area (Å²) >= 11 is 1.68. The topological polar surface area (TPSA) is 12.0 Å². The molecule has 1 nitrogen and oxygen atoms in total. The molecule has 0 atom stereocenters. The lowest BCUT2D eigenvalue weighted by Gasteiger charge is -2.08. The maximum Gasteiger partial charge on any atom is 0.163 e. The van der Waals surface area contributed by atoms with Gasteiger partial charge in [-0.25, -0.2) is 8.78 Å². The summed E-state index contributed by atoms with van der Waals surface area (Å²) in [4.78, 5) is 0. The minimum Gasteiger partial charge on any atom is -0.381 e. The number of halogens is 2. The predicted molar refractivity (Wildman–Crippen MR) is 75.5 cm³/mol. The van der Waals surface area contributed by atoms with Crippen molar-refractivity contribution in [3.05, 3.63) is 65.0 Å². The summed E-state index contributed by atoms with van der Waals surface area (Å²) in [6.07, 6.45) is 0. The molecule has 3 rings (SSSR count). The fourth-order valence-electron chi connectivity index (χ4n) is 1.96. The molecule has 0 aliphatic carbocycles. The minimum atomic E-state index is -0.812. The van der Waals surface area contributed by atoms with Gasteiger partial charge >= 0.3 is 0 Å². The van der Waals surface area contributed by atoms with Gasteiger partial charge in [0.25, 0.3) is 0 Å². The van der Waals surface area contributed by atoms with Gasteiger partial charge in [0.2, 0.25) is 0 Å². The van der Waals surface area contributed by atoms with Crippen LogP contribution in [0.25, 0.3) is 10.1 Å². The largest absolute Gasteiger partial charge is 0.381 e. The molecule has 0 aliphatic rings. The second-order valence-corrected chi connectivity index (χ2v) is 5.19. The van der Waals surface area contributed by atoms with Crippen molar-refractivity contribution >= 4 is 27.1 Å². The summed E-state index contributed by atoms with van der Waals surface area (Å²) in [5.74, 6) is -1.60. The summed E-state index contributed by atoms with van der Waals surface area (Å²) in [6, 6.07) is 12.2. The molecule has 0 bridgehead atoms. The summed E-state index contributed by atoms with van der Waals surface area (Å²) in [7, 11) is 0. The maximum atomic E-state index is 13.5. The van der Waals surface area contributed by atoms with E-state index in [0.717, 1.165) is 17.1 Å². The Kier molecular flexibility index (Phi) is 3.17. The third-order valence-corrected chi connectivity index (χ3v) is 3.86. The van der Waals surface area contributed by atoms with Crippen LogP contribution in [-0.2, 0) is 6.54 Å². The molecule has 0 spiro atoms. The number of fused-ring (bicyclic) bond motifs is 1. The Bertz CT molecular complexity index is 721. The Morgan fingerprint density at radius 2 is 1.95 bits per heavy atom. The third-order valence-electron chi connectivity index (χ3n) is 2.97. The van der Waals surface area contributed by atoms with Gasteiger partial charge in [0, 0.05) is 22.5 Å². The van der Waals surface area contributed by atoms with E-state index in [1.807, 2.05) is 29.6 Å². The van der Waals surface area contributed by atoms with Crippen molar-refractivity contribution in [2.24, 2.45) is 0 Å². The van der Waals surface area contributed by atoms with Gasteiger partial charge in [0.1, 0.15) is 0 Å². The minimum absolute atomic E-state index is 0.263. The first-order valence-electron chi connectivity index (χ1n) is 5.88. The number of rotatable bonds is 3. The zero-order valence-electron chi connectivity index (χ0n) is 9.99. The summed E-state index contributed by atoms with van der Waals surface area (Å²) in [5.41, 5.74) is 1.22. The fraction of sp³-hybridized carbons (Fsp3) is 0.0667. The third kappa shape index (κ3) is 2.44. The molecule has 0 saturated heterocycles. The summed E-state index contributed by atoms with van der Waals surface area (Å²) < 4.78 is 27.8. The van der Waals surface area contributed by atoms with E-state index in [9.17, 15) is 8.78 Å². The highest BCUT2D eigenvalue weighted by Crippen LogP contribution is 2.24. The van der Waals surface area contributed by atoms with Gasteiger partial charge in [-0.05, 0) is 41.1 Å². The molecule has 0 amide bonds. The average Bonchev–Trinajstić information content (AvgIpc) is 2.88. The number of nitrogens with one attached hydrogen (secondary N) is 1. The van der Waals surface area contributed by atoms with Crippen molar-refractivity contribution in [2.45, 2.75) is 6.54 Å². The second-order valence-electron chi connectivity index (χ2n) is 4.24. The zero-order valence-corrected chi connectivity index (χ0v) is 10.8. The van der Waals surface area contributed by atoms with Crippen LogP contribution in [0.2, 0.25) is 0 Å². The van der Waals surface area contributed by atoms with E-state index in [-0.39, 0.29) is 6.54 Å². The van der Waals surface area contributed by atoms with Crippen LogP contribution in [0.15, 0.2) is 47.8 Å². The lowest BCUT2D eigenvalue weighted by molar-refractivity contribution is 0.500. The Labute approximate surface area is 113 Å². The molecule has 19 heavy (non-hydrogen) atoms. The first-order valence-corrected chi connectivity index (χ1v) is 6.76. The van der Waals surface area contributed by atoms with E-state index in [2.05, 4.69) is 5.32 Å². The molecule has 3 aromatic rings. The number of anilines is 1. The molecular formula is C15H11F2NS. The van der Waals surface area contributed by atoms with E-state index in [1.165, 1.54) is 10.8 Å². The van der Waals surface area contributed by atoms with Crippen LogP contribution in [0.4, 0.5) is 14.5 Å². The molecule has 0 aliphatic heterocycles. The highest BCUT2D eigenvalue weighted by atomic mass is 32.1. The molecule has 4 heteroatoms. The van der Waals surface area contributed by atoms with Crippen LogP contribution >= 0.6 is 11.3 Å². The Hall–Kier alpha value is -1.94. The van der Waals surface area contributed by atoms with Crippen molar-refractivity contribution in [3.8, 4) is 0 Å². The van der Waals surface area contributed by atoms with Crippen LogP contribution in [0.1, 0.15) is 5.56 Å². The van der Waals surface area contributed by atoms with Gasteiger partial charge < -0.3 is 5.32 Å². The van der Waals surface area contributed by atoms with Crippen molar-refractivity contribution in [1.82, 2.24) is 0 Å². The van der Waals surface area contributed by atoms with Crippen LogP contribution in [0, 0.1) is 11.6 Å². The predicted octanol–water partition coefficient (Wildman–Crippen LogP) is 4.79. The van der Waals surface area contributed by atoms with Crippen LogP contribution in [-0.4, -0.2) is 0 Å². The van der Waals surface area contributed by atoms with Crippen LogP contribution in [0.5, 0.6) is 0 Å². The molecule has 0 unspecified atom stereocenters. The summed E-state index contributed by atoms with van der Waals surface area (Å²) in [5, 5.41) is 6.29. The Morgan fingerprint density at radius 3 is 2.84 bits per heavy atom. The lowest BCUT2D eigenvalue weighted by atomic mass is 10.2. The molecule has 1 N–H and O–H groups in total. The van der Waals surface area contributed by atoms with Gasteiger partial charge in [0.05, 0.1) is 0 Å². The highest BCUT2D eigenvalue weighted by molar-refractivity contribution is 7.17. The molecule has 0 radical (unpaired) electrons. The smallest absolute Gasteiger partial charge is 0.163 e. The van der Waals surface area contributed by atoms with Crippen LogP contribution in [0.3, 0.4) is 0 Å². The number of benzene rings is 2. The number of thiophene rings is 1. The monoisotopic (exact) mass is 275 g/mol. The molecule has 0 fully saturated rings. The van der Waals surface area contributed by atoms with E-state index in [1.54, 1.807) is 17.4 Å². The Morgan fingerprint density at radius 1 is 1.05 bits per heavy atom. The maximum absolute atomic E-state index is 13.5. The van der Waals surface area contributed by atoms with Gasteiger partial charge in [-0.1, -0.05) is 12.1 Å². The van der Waals surface area contributed by atoms with Gasteiger partial charge in [-0.15, -0.1) is 11.3 Å². The lowest BCUT2D eigenvalue weighted by Crippen LogP contribution is -2.02. The SMILES string of the molecule is Fc1cccc(CNc2ccc3sccc3c2)c1F. The highest BCUT2D eigenvalue weighted by Gasteiger charge is 2.07. The second kappa shape index (κ2) is 4.97. The average molecular weight is 275 g/mol. The van der Waals surface area contributed by atoms with Crippen molar-refractivity contribution in [1.29, 1.82) is 0 Å².